The van der Waals surface area contributed by atoms with E-state index >= 15 is 0 Å². The van der Waals surface area contributed by atoms with Crippen LogP contribution in [-0.2, 0) is 0 Å². The molecule has 29 heavy (non-hydrogen) atoms. The zero-order valence-corrected chi connectivity index (χ0v) is 17.1. The summed E-state index contributed by atoms with van der Waals surface area (Å²) in [7, 11) is 0. The van der Waals surface area contributed by atoms with Crippen LogP contribution in [0.5, 0.6) is 0 Å². The fourth-order valence-electron chi connectivity index (χ4n) is 4.22. The molecule has 0 spiro atoms. The van der Waals surface area contributed by atoms with Crippen molar-refractivity contribution < 1.29 is 20.3 Å². The maximum absolute atomic E-state index is 11.8. The molecule has 0 radical (unpaired) electrons. The summed E-state index contributed by atoms with van der Waals surface area (Å²) < 4.78 is 0.153. The maximum Gasteiger partial charge on any atom is 0.175 e. The summed E-state index contributed by atoms with van der Waals surface area (Å²) in [5, 5.41) is 36.2. The molecule has 1 saturated heterocycles. The normalized spacial score (nSPS) is 17.1. The monoisotopic (exact) mass is 419 g/mol. The van der Waals surface area contributed by atoms with E-state index in [1.165, 1.54) is 6.42 Å². The average molecular weight is 420 g/mol. The lowest BCUT2D eigenvalue weighted by atomic mass is 10.1. The second-order valence-electron chi connectivity index (χ2n) is 7.62. The molecule has 8 heteroatoms. The number of halogens is 1. The van der Waals surface area contributed by atoms with Gasteiger partial charge in [-0.05, 0) is 31.4 Å². The lowest BCUT2D eigenvalue weighted by Gasteiger charge is -2.33. The number of anilines is 1. The van der Waals surface area contributed by atoms with E-state index < -0.39 is 5.23 Å². The molecular weight excluding hydrogens is 392 g/mol. The highest BCUT2D eigenvalue weighted by Crippen LogP contribution is 2.34. The predicted octanol–water partition coefficient (Wildman–Crippen LogP) is 3.41. The van der Waals surface area contributed by atoms with Crippen LogP contribution < -0.4 is 10.5 Å². The Kier molecular flexibility index (Phi) is 6.89. The van der Waals surface area contributed by atoms with Crippen LogP contribution in [0.25, 0.3) is 21.8 Å². The number of hydrogen-bond donors (Lipinski definition) is 4. The highest BCUT2D eigenvalue weighted by atomic mass is 35.5. The van der Waals surface area contributed by atoms with Crippen LogP contribution in [0.1, 0.15) is 25.7 Å². The van der Waals surface area contributed by atoms with Gasteiger partial charge in [-0.3, -0.25) is 0 Å². The second kappa shape index (κ2) is 9.21. The number of quaternary nitrogens is 2. The number of nitrogens with one attached hydrogen (secondary N) is 2. The molecule has 1 aliphatic heterocycles. The van der Waals surface area contributed by atoms with E-state index in [9.17, 15) is 15.6 Å². The van der Waals surface area contributed by atoms with Gasteiger partial charge in [0.05, 0.1) is 22.1 Å². The molecule has 2 aromatic carbocycles. The number of aromatic nitrogens is 1. The molecule has 0 aliphatic carbocycles. The third kappa shape index (κ3) is 4.61. The molecular formula is C21H28ClN4O3+. The van der Waals surface area contributed by atoms with Crippen molar-refractivity contribution in [3.63, 3.8) is 0 Å². The topological polar surface area (TPSA) is 92.9 Å². The van der Waals surface area contributed by atoms with Crippen molar-refractivity contribution in [3.8, 4) is 0 Å². The molecule has 0 saturated carbocycles. The molecule has 1 aromatic heterocycles. The Morgan fingerprint density at radius 1 is 1.03 bits per heavy atom. The SMILES string of the molecule is Cl.[O-][NH+](O)c1cccc2nc3ccccc3c(NCCC[N+]3(O)CCCCC3)c12. The van der Waals surface area contributed by atoms with Crippen molar-refractivity contribution in [2.24, 2.45) is 0 Å². The van der Waals surface area contributed by atoms with Crippen LogP contribution in [0.4, 0.5) is 11.4 Å². The van der Waals surface area contributed by atoms with Crippen molar-refractivity contribution in [1.29, 1.82) is 0 Å². The molecule has 1 unspecified atom stereocenters. The largest absolute Gasteiger partial charge is 0.595 e. The van der Waals surface area contributed by atoms with Gasteiger partial charge in [0.1, 0.15) is 19.6 Å². The first-order valence-corrected chi connectivity index (χ1v) is 9.95. The first-order valence-electron chi connectivity index (χ1n) is 9.95. The summed E-state index contributed by atoms with van der Waals surface area (Å²) in [6.07, 6.45) is 4.16. The molecule has 1 fully saturated rings. The molecule has 7 nitrogen and oxygen atoms in total. The van der Waals surface area contributed by atoms with E-state index in [1.807, 2.05) is 30.3 Å². The molecule has 0 bridgehead atoms. The minimum atomic E-state index is -0.959. The molecule has 0 amide bonds. The van der Waals surface area contributed by atoms with E-state index in [1.54, 1.807) is 12.1 Å². The van der Waals surface area contributed by atoms with Gasteiger partial charge in [0.2, 0.25) is 0 Å². The summed E-state index contributed by atoms with van der Waals surface area (Å²) in [4.78, 5) is 4.65. The minimum Gasteiger partial charge on any atom is -0.595 e. The highest BCUT2D eigenvalue weighted by Gasteiger charge is 2.27. The first-order chi connectivity index (χ1) is 13.6. The number of pyridine rings is 1. The van der Waals surface area contributed by atoms with Gasteiger partial charge in [-0.2, -0.15) is 9.87 Å². The third-order valence-corrected chi connectivity index (χ3v) is 5.64. The molecule has 3 aromatic rings. The van der Waals surface area contributed by atoms with Gasteiger partial charge in [0.15, 0.2) is 5.69 Å². The second-order valence-corrected chi connectivity index (χ2v) is 7.62. The number of fused-ring (bicyclic) bond motifs is 2. The summed E-state index contributed by atoms with van der Waals surface area (Å²) in [5.74, 6) is 0. The number of benzene rings is 2. The Labute approximate surface area is 176 Å². The lowest BCUT2D eigenvalue weighted by Crippen LogP contribution is -2.99. The first kappa shape index (κ1) is 21.7. The lowest BCUT2D eigenvalue weighted by molar-refractivity contribution is -1.10. The van der Waals surface area contributed by atoms with Gasteiger partial charge in [0.25, 0.3) is 0 Å². The van der Waals surface area contributed by atoms with Gasteiger partial charge in [0, 0.05) is 24.4 Å². The van der Waals surface area contributed by atoms with Crippen LogP contribution >= 0.6 is 12.4 Å². The van der Waals surface area contributed by atoms with Crippen LogP contribution in [-0.4, -0.2) is 46.2 Å². The van der Waals surface area contributed by atoms with Crippen LogP contribution in [0.2, 0.25) is 0 Å². The fourth-order valence-corrected chi connectivity index (χ4v) is 4.22. The Morgan fingerprint density at radius 2 is 1.76 bits per heavy atom. The Morgan fingerprint density at radius 3 is 2.52 bits per heavy atom. The van der Waals surface area contributed by atoms with Crippen LogP contribution in [0, 0.1) is 5.21 Å². The zero-order valence-electron chi connectivity index (χ0n) is 16.3. The predicted molar refractivity (Wildman–Crippen MR) is 116 cm³/mol. The maximum atomic E-state index is 11.8. The van der Waals surface area contributed by atoms with Gasteiger partial charge >= 0.3 is 0 Å². The van der Waals surface area contributed by atoms with Gasteiger partial charge in [-0.25, -0.2) is 15.4 Å². The van der Waals surface area contributed by atoms with Crippen molar-refractivity contribution in [3.05, 3.63) is 47.7 Å². The molecule has 1 atom stereocenters. The van der Waals surface area contributed by atoms with Crippen molar-refractivity contribution in [2.75, 3.05) is 31.5 Å². The zero-order chi connectivity index (χ0) is 19.6. The molecule has 1 aliphatic rings. The molecule has 156 valence electrons. The number of hydroxylamine groups is 3. The number of hydrogen-bond acceptors (Lipinski definition) is 5. The fraction of sp³-hybridized carbons (Fsp3) is 0.381. The summed E-state index contributed by atoms with van der Waals surface area (Å²) in [6.45, 7) is 3.02. The smallest absolute Gasteiger partial charge is 0.175 e. The summed E-state index contributed by atoms with van der Waals surface area (Å²) in [6, 6.07) is 13.0. The third-order valence-electron chi connectivity index (χ3n) is 5.64. The van der Waals surface area contributed by atoms with E-state index in [2.05, 4.69) is 10.3 Å². The number of piperidine rings is 1. The molecule has 2 heterocycles. The number of likely N-dealkylation sites (tertiary alicyclic amines) is 1. The van der Waals surface area contributed by atoms with Crippen molar-refractivity contribution in [2.45, 2.75) is 25.7 Å². The molecule has 4 N–H and O–H groups in total. The highest BCUT2D eigenvalue weighted by molar-refractivity contribution is 6.11. The van der Waals surface area contributed by atoms with Gasteiger partial charge in [-0.1, -0.05) is 24.3 Å². The van der Waals surface area contributed by atoms with Gasteiger partial charge < -0.3 is 10.5 Å². The van der Waals surface area contributed by atoms with Crippen LogP contribution in [0.15, 0.2) is 42.5 Å². The number of rotatable bonds is 6. The van der Waals surface area contributed by atoms with Crippen molar-refractivity contribution in [1.82, 2.24) is 4.98 Å². The van der Waals surface area contributed by atoms with Crippen LogP contribution in [0.3, 0.4) is 0 Å². The van der Waals surface area contributed by atoms with E-state index in [0.29, 0.717) is 24.0 Å². The molecule has 4 rings (SSSR count). The average Bonchev–Trinajstić information content (AvgIpc) is 2.70. The number of para-hydroxylation sites is 1. The summed E-state index contributed by atoms with van der Waals surface area (Å²) in [5.41, 5.74) is 2.56. The van der Waals surface area contributed by atoms with Gasteiger partial charge in [-0.15, -0.1) is 12.4 Å². The Balaban J connectivity index is 0.00000240. The minimum absolute atomic E-state index is 0. The van der Waals surface area contributed by atoms with E-state index in [-0.39, 0.29) is 22.7 Å². The van der Waals surface area contributed by atoms with Crippen molar-refractivity contribution >= 4 is 45.6 Å². The summed E-state index contributed by atoms with van der Waals surface area (Å²) >= 11 is 0. The van der Waals surface area contributed by atoms with E-state index in [0.717, 1.165) is 48.9 Å². The Bertz CT molecular complexity index is 977. The Hall–Kier alpha value is -2.00. The number of nitrogens with zero attached hydrogens (tertiary/aromatic N) is 2. The van der Waals surface area contributed by atoms with E-state index in [4.69, 9.17) is 0 Å². The standard InChI is InChI=1S/C21H27N4O3.ClH/c26-24(27)19-11-6-10-18-20(19)21(16-8-2-3-9-17(16)23-18)22-12-7-15-25(28)13-4-1-5-14-25;/h2-3,6,8-11,24,26,28H,1,4-5,7,12-15H2,(H,22,23);1H/q+1;. The quantitative estimate of drug-likeness (QED) is 0.213.